The Kier molecular flexibility index (Phi) is 8.01. The highest BCUT2D eigenvalue weighted by atomic mass is 16.5. The van der Waals surface area contributed by atoms with Crippen LogP contribution in [0.5, 0.6) is 0 Å². The van der Waals surface area contributed by atoms with E-state index >= 15 is 0 Å². The smallest absolute Gasteiger partial charge is 0.407 e. The van der Waals surface area contributed by atoms with E-state index in [4.69, 9.17) is 4.74 Å². The summed E-state index contributed by atoms with van der Waals surface area (Å²) in [6, 6.07) is 16.4. The Balaban J connectivity index is 1.14. The zero-order valence-electron chi connectivity index (χ0n) is 23.4. The number of rotatable bonds is 6. The van der Waals surface area contributed by atoms with Crippen LogP contribution < -0.4 is 10.6 Å². The van der Waals surface area contributed by atoms with Gasteiger partial charge in [-0.3, -0.25) is 4.79 Å². The first-order valence-corrected chi connectivity index (χ1v) is 14.2. The first-order valence-electron chi connectivity index (χ1n) is 14.2. The fourth-order valence-corrected chi connectivity index (χ4v) is 5.61. The van der Waals surface area contributed by atoms with Gasteiger partial charge in [-0.1, -0.05) is 48.4 Å². The molecular formula is C32H33N7O3. The monoisotopic (exact) mass is 563 g/mol. The summed E-state index contributed by atoms with van der Waals surface area (Å²) in [7, 11) is 1.28. The summed E-state index contributed by atoms with van der Waals surface area (Å²) in [6.07, 6.45) is 6.79. The lowest BCUT2D eigenvalue weighted by molar-refractivity contribution is -0.134. The molecule has 6 rings (SSSR count). The van der Waals surface area contributed by atoms with Gasteiger partial charge in [-0.05, 0) is 61.4 Å². The highest BCUT2D eigenvalue weighted by Gasteiger charge is 2.37. The Bertz CT molecular complexity index is 1590. The average molecular weight is 564 g/mol. The third-order valence-electron chi connectivity index (χ3n) is 7.80. The minimum absolute atomic E-state index is 0.206. The van der Waals surface area contributed by atoms with Crippen LogP contribution in [0.1, 0.15) is 72.3 Å². The van der Waals surface area contributed by atoms with E-state index in [1.165, 1.54) is 13.5 Å². The predicted octanol–water partition coefficient (Wildman–Crippen LogP) is 4.38. The molecular weight excluding hydrogens is 530 g/mol. The van der Waals surface area contributed by atoms with E-state index in [-0.39, 0.29) is 11.9 Å². The minimum atomic E-state index is -0.857. The zero-order chi connectivity index (χ0) is 28.9. The Labute approximate surface area is 244 Å². The van der Waals surface area contributed by atoms with Crippen LogP contribution in [-0.2, 0) is 9.53 Å². The topological polar surface area (TPSA) is 128 Å². The maximum atomic E-state index is 13.7. The van der Waals surface area contributed by atoms with Gasteiger partial charge >= 0.3 is 6.09 Å². The zero-order valence-corrected chi connectivity index (χ0v) is 23.4. The summed E-state index contributed by atoms with van der Waals surface area (Å²) in [4.78, 5) is 43.4. The second-order valence-corrected chi connectivity index (χ2v) is 10.5. The van der Waals surface area contributed by atoms with Crippen LogP contribution in [0.25, 0.3) is 11.3 Å². The van der Waals surface area contributed by atoms with Gasteiger partial charge in [-0.2, -0.15) is 0 Å². The number of hydrogen-bond acceptors (Lipinski definition) is 6. The second-order valence-electron chi connectivity index (χ2n) is 10.5. The third-order valence-corrected chi connectivity index (χ3v) is 7.80. The van der Waals surface area contributed by atoms with Crippen LogP contribution in [-0.4, -0.2) is 57.0 Å². The molecule has 4 aromatic rings. The van der Waals surface area contributed by atoms with E-state index in [2.05, 4.69) is 42.4 Å². The van der Waals surface area contributed by atoms with Crippen molar-refractivity contribution in [1.29, 1.82) is 0 Å². The van der Waals surface area contributed by atoms with Crippen LogP contribution in [0.4, 0.5) is 4.79 Å². The average Bonchev–Trinajstić information content (AvgIpc) is 3.86. The lowest BCUT2D eigenvalue weighted by Gasteiger charge is -2.28. The molecule has 2 fully saturated rings. The van der Waals surface area contributed by atoms with Crippen LogP contribution in [0.3, 0.4) is 0 Å². The van der Waals surface area contributed by atoms with Gasteiger partial charge in [0.1, 0.15) is 23.4 Å². The number of carbonyl (C=O) groups is 2. The summed E-state index contributed by atoms with van der Waals surface area (Å²) in [5, 5.41) is 6.16. The van der Waals surface area contributed by atoms with E-state index in [0.717, 1.165) is 48.5 Å². The highest BCUT2D eigenvalue weighted by molar-refractivity contribution is 5.87. The number of nitrogens with one attached hydrogen (secondary N) is 4. The minimum Gasteiger partial charge on any atom is -0.453 e. The van der Waals surface area contributed by atoms with E-state index in [1.54, 1.807) is 11.1 Å². The molecule has 0 saturated carbocycles. The molecule has 2 aromatic heterocycles. The van der Waals surface area contributed by atoms with Crippen molar-refractivity contribution in [2.75, 3.05) is 20.2 Å². The number of alkyl carbamates (subject to hydrolysis) is 1. The lowest BCUT2D eigenvalue weighted by atomic mass is 10.1. The fourth-order valence-electron chi connectivity index (χ4n) is 5.61. The molecule has 0 bridgehead atoms. The Morgan fingerprint density at radius 2 is 1.79 bits per heavy atom. The standard InChI is InChI=1S/C32H33N7O3/c1-42-32(41)38-28(23-7-3-2-4-8-23)31(40)39-18-6-10-27(39)30-34-19-24(36-30)16-13-21-11-14-22(15-12-21)26-20-35-29(37-26)25-9-5-17-33-25/h2-4,7-8,11-12,14-15,19-20,25,27-28,33H,5-6,9-10,17-18H2,1H3,(H,34,36)(H,35,37)(H,38,41). The Morgan fingerprint density at radius 1 is 0.976 bits per heavy atom. The van der Waals surface area contributed by atoms with Crippen molar-refractivity contribution in [1.82, 2.24) is 35.5 Å². The number of amides is 2. The molecule has 0 spiro atoms. The van der Waals surface area contributed by atoms with E-state index < -0.39 is 12.1 Å². The SMILES string of the molecule is COC(=O)NC(C(=O)N1CCCC1c1ncc(C#Cc2ccc(-c3cnc(C4CCCN4)[nH]3)cc2)[nH]1)c1ccccc1. The molecule has 3 atom stereocenters. The number of nitrogens with zero attached hydrogens (tertiary/aromatic N) is 3. The number of aromatic nitrogens is 4. The lowest BCUT2D eigenvalue weighted by Crippen LogP contribution is -2.42. The highest BCUT2D eigenvalue weighted by Crippen LogP contribution is 2.33. The number of imidazole rings is 2. The maximum absolute atomic E-state index is 13.7. The largest absolute Gasteiger partial charge is 0.453 e. The van der Waals surface area contributed by atoms with Crippen molar-refractivity contribution < 1.29 is 14.3 Å². The Hall–Kier alpha value is -4.88. The molecule has 2 saturated heterocycles. The molecule has 2 amide bonds. The van der Waals surface area contributed by atoms with Gasteiger partial charge in [-0.15, -0.1) is 0 Å². The van der Waals surface area contributed by atoms with Gasteiger partial charge in [0, 0.05) is 12.1 Å². The number of carbonyl (C=O) groups excluding carboxylic acids is 2. The third kappa shape index (κ3) is 5.92. The number of aromatic amines is 2. The molecule has 4 N–H and O–H groups in total. The van der Waals surface area contributed by atoms with Gasteiger partial charge in [0.05, 0.1) is 37.3 Å². The number of benzene rings is 2. The van der Waals surface area contributed by atoms with Gasteiger partial charge in [0.15, 0.2) is 0 Å². The molecule has 3 unspecified atom stereocenters. The first kappa shape index (κ1) is 27.3. The van der Waals surface area contributed by atoms with E-state index in [9.17, 15) is 9.59 Å². The fraction of sp³-hybridized carbons (Fsp3) is 0.312. The molecule has 10 heteroatoms. The van der Waals surface area contributed by atoms with Crippen molar-refractivity contribution in [3.05, 3.63) is 95.5 Å². The van der Waals surface area contributed by atoms with Crippen LogP contribution >= 0.6 is 0 Å². The van der Waals surface area contributed by atoms with Crippen LogP contribution in [0, 0.1) is 11.8 Å². The summed E-state index contributed by atoms with van der Waals surface area (Å²) < 4.78 is 4.78. The Morgan fingerprint density at radius 3 is 2.55 bits per heavy atom. The molecule has 2 aliphatic heterocycles. The molecule has 42 heavy (non-hydrogen) atoms. The predicted molar refractivity (Wildman–Crippen MR) is 157 cm³/mol. The van der Waals surface area contributed by atoms with Crippen molar-refractivity contribution in [3.8, 4) is 23.1 Å². The number of hydrogen-bond donors (Lipinski definition) is 4. The summed E-state index contributed by atoms with van der Waals surface area (Å²) in [5.41, 5.74) is 4.28. The van der Waals surface area contributed by atoms with Crippen molar-refractivity contribution in [2.45, 2.75) is 43.8 Å². The molecule has 4 heterocycles. The molecule has 10 nitrogen and oxygen atoms in total. The van der Waals surface area contributed by atoms with Crippen molar-refractivity contribution in [3.63, 3.8) is 0 Å². The van der Waals surface area contributed by atoms with Crippen LogP contribution in [0.15, 0.2) is 67.0 Å². The molecule has 2 aliphatic rings. The number of likely N-dealkylation sites (tertiary alicyclic amines) is 1. The maximum Gasteiger partial charge on any atom is 0.407 e. The summed E-state index contributed by atoms with van der Waals surface area (Å²) >= 11 is 0. The van der Waals surface area contributed by atoms with Gasteiger partial charge in [0.25, 0.3) is 5.91 Å². The van der Waals surface area contributed by atoms with E-state index in [0.29, 0.717) is 29.7 Å². The summed E-state index contributed by atoms with van der Waals surface area (Å²) in [5.74, 6) is 7.81. The van der Waals surface area contributed by atoms with E-state index in [1.807, 2.05) is 60.8 Å². The van der Waals surface area contributed by atoms with Crippen molar-refractivity contribution in [2.24, 2.45) is 0 Å². The van der Waals surface area contributed by atoms with Crippen molar-refractivity contribution >= 4 is 12.0 Å². The van der Waals surface area contributed by atoms with Gasteiger partial charge < -0.3 is 30.2 Å². The van der Waals surface area contributed by atoms with Gasteiger partial charge in [0.2, 0.25) is 0 Å². The first-order chi connectivity index (χ1) is 20.6. The molecule has 0 aliphatic carbocycles. The molecule has 0 radical (unpaired) electrons. The molecule has 2 aromatic carbocycles. The summed E-state index contributed by atoms with van der Waals surface area (Å²) in [6.45, 7) is 1.60. The number of ether oxygens (including phenoxy) is 1. The molecule has 214 valence electrons. The normalized spacial score (nSPS) is 18.7. The number of H-pyrrole nitrogens is 2. The van der Waals surface area contributed by atoms with Gasteiger partial charge in [-0.25, -0.2) is 14.8 Å². The second kappa shape index (κ2) is 12.3. The van der Waals surface area contributed by atoms with Crippen LogP contribution in [0.2, 0.25) is 0 Å². The quantitative estimate of drug-likeness (QED) is 0.258. The number of methoxy groups -OCH3 is 1.